The van der Waals surface area contributed by atoms with E-state index in [0.29, 0.717) is 0 Å². The number of anilines is 1. The highest BCUT2D eigenvalue weighted by atomic mass is 16.3. The lowest BCUT2D eigenvalue weighted by atomic mass is 10.4. The molecule has 11 heavy (non-hydrogen) atoms. The number of nitrogens with two attached hydrogens (primary N) is 2. The predicted octanol–water partition coefficient (Wildman–Crippen LogP) is -0.906. The van der Waals surface area contributed by atoms with Crippen LogP contribution in [-0.2, 0) is 0 Å². The molecule has 0 saturated heterocycles. The standard InChI is InChI=1S/C4H5N5O2/c5-3-2(4(6)10)7-1-9(3)8-11/h1H,5H2,(H2,6,10). The van der Waals surface area contributed by atoms with Crippen molar-refractivity contribution in [2.75, 3.05) is 5.73 Å². The van der Waals surface area contributed by atoms with Crippen molar-refractivity contribution in [3.05, 3.63) is 16.9 Å². The van der Waals surface area contributed by atoms with Crippen molar-refractivity contribution in [1.29, 1.82) is 0 Å². The lowest BCUT2D eigenvalue weighted by Gasteiger charge is -1.90. The second kappa shape index (κ2) is 2.37. The fraction of sp³-hybridized carbons (Fsp3) is 0. The summed E-state index contributed by atoms with van der Waals surface area (Å²) in [7, 11) is 0. The van der Waals surface area contributed by atoms with Crippen LogP contribution >= 0.6 is 0 Å². The molecule has 1 rings (SSSR count). The second-order valence-electron chi connectivity index (χ2n) is 1.77. The van der Waals surface area contributed by atoms with Crippen LogP contribution in [-0.4, -0.2) is 15.6 Å². The van der Waals surface area contributed by atoms with E-state index in [1.54, 1.807) is 0 Å². The molecule has 0 saturated carbocycles. The molecule has 1 aromatic rings. The molecular weight excluding hydrogens is 150 g/mol. The van der Waals surface area contributed by atoms with Crippen LogP contribution in [0.25, 0.3) is 0 Å². The molecule has 0 aliphatic heterocycles. The molecule has 0 aromatic carbocycles. The van der Waals surface area contributed by atoms with Gasteiger partial charge in [0.2, 0.25) is 0 Å². The number of hydrogen-bond acceptors (Lipinski definition) is 5. The van der Waals surface area contributed by atoms with E-state index >= 15 is 0 Å². The number of carbonyl (C=O) groups is 1. The zero-order valence-electron chi connectivity index (χ0n) is 5.39. The first-order valence-corrected chi connectivity index (χ1v) is 2.63. The van der Waals surface area contributed by atoms with Crippen molar-refractivity contribution in [1.82, 2.24) is 9.66 Å². The molecule has 7 nitrogen and oxygen atoms in total. The van der Waals surface area contributed by atoms with Gasteiger partial charge in [0.25, 0.3) is 5.91 Å². The zero-order valence-corrected chi connectivity index (χ0v) is 5.39. The third-order valence-electron chi connectivity index (χ3n) is 1.11. The van der Waals surface area contributed by atoms with Crippen LogP contribution in [0.3, 0.4) is 0 Å². The van der Waals surface area contributed by atoms with Crippen LogP contribution in [0.5, 0.6) is 0 Å². The van der Waals surface area contributed by atoms with Gasteiger partial charge in [0.15, 0.2) is 11.5 Å². The molecule has 1 amide bonds. The van der Waals surface area contributed by atoms with Gasteiger partial charge in [-0.05, 0) is 0 Å². The van der Waals surface area contributed by atoms with Crippen LogP contribution in [0.4, 0.5) is 5.82 Å². The van der Waals surface area contributed by atoms with Crippen molar-refractivity contribution in [2.24, 2.45) is 11.0 Å². The number of hydrogen-bond donors (Lipinski definition) is 2. The summed E-state index contributed by atoms with van der Waals surface area (Å²) in [5.74, 6) is -0.933. The number of primary amides is 1. The second-order valence-corrected chi connectivity index (χ2v) is 1.77. The van der Waals surface area contributed by atoms with Gasteiger partial charge < -0.3 is 11.5 Å². The molecule has 0 fully saturated rings. The van der Waals surface area contributed by atoms with Crippen LogP contribution < -0.4 is 11.5 Å². The predicted molar refractivity (Wildman–Crippen MR) is 36.4 cm³/mol. The summed E-state index contributed by atoms with van der Waals surface area (Å²) in [5, 5.41) is 2.44. The van der Waals surface area contributed by atoms with Gasteiger partial charge in [-0.25, -0.2) is 4.98 Å². The Morgan fingerprint density at radius 3 is 2.64 bits per heavy atom. The Bertz CT molecular complexity index is 303. The first-order valence-electron chi connectivity index (χ1n) is 2.63. The van der Waals surface area contributed by atoms with Crippen molar-refractivity contribution in [3.63, 3.8) is 0 Å². The number of aromatic nitrogens is 2. The molecule has 4 N–H and O–H groups in total. The molecule has 1 aromatic heterocycles. The van der Waals surface area contributed by atoms with Gasteiger partial charge in [-0.15, -0.1) is 4.91 Å². The van der Waals surface area contributed by atoms with E-state index < -0.39 is 5.91 Å². The Balaban J connectivity index is 3.20. The van der Waals surface area contributed by atoms with Gasteiger partial charge in [0, 0.05) is 0 Å². The van der Waals surface area contributed by atoms with Gasteiger partial charge in [0.1, 0.15) is 6.33 Å². The average Bonchev–Trinajstić information content (AvgIpc) is 2.30. The van der Waals surface area contributed by atoms with E-state index in [1.807, 2.05) is 0 Å². The zero-order chi connectivity index (χ0) is 8.43. The minimum atomic E-state index is -0.787. The molecule has 1 heterocycles. The Hall–Kier alpha value is -1.92. The number of nitroso groups, excluding NO2 is 1. The van der Waals surface area contributed by atoms with Gasteiger partial charge in [0.05, 0.1) is 5.29 Å². The van der Waals surface area contributed by atoms with Crippen molar-refractivity contribution < 1.29 is 4.79 Å². The van der Waals surface area contributed by atoms with Gasteiger partial charge >= 0.3 is 0 Å². The molecule has 0 aliphatic carbocycles. The smallest absolute Gasteiger partial charge is 0.271 e. The van der Waals surface area contributed by atoms with E-state index in [2.05, 4.69) is 10.3 Å². The summed E-state index contributed by atoms with van der Waals surface area (Å²) in [5.41, 5.74) is 9.92. The monoisotopic (exact) mass is 155 g/mol. The summed E-state index contributed by atoms with van der Waals surface area (Å²) in [6.45, 7) is 0. The largest absolute Gasteiger partial charge is 0.382 e. The molecule has 7 heteroatoms. The maximum absolute atomic E-state index is 10.5. The number of nitrogens with zero attached hydrogens (tertiary/aromatic N) is 3. The fourth-order valence-corrected chi connectivity index (χ4v) is 0.604. The Kier molecular flexibility index (Phi) is 1.55. The SMILES string of the molecule is NC(=O)c1ncn(N=O)c1N. The fourth-order valence-electron chi connectivity index (χ4n) is 0.604. The van der Waals surface area contributed by atoms with Crippen molar-refractivity contribution >= 4 is 11.7 Å². The molecule has 0 spiro atoms. The van der Waals surface area contributed by atoms with Crippen LogP contribution in [0.15, 0.2) is 11.6 Å². The summed E-state index contributed by atoms with van der Waals surface area (Å²) < 4.78 is 0.722. The third-order valence-corrected chi connectivity index (χ3v) is 1.11. The van der Waals surface area contributed by atoms with E-state index in [1.165, 1.54) is 0 Å². The topological polar surface area (TPSA) is 116 Å². The quantitative estimate of drug-likeness (QED) is 0.537. The van der Waals surface area contributed by atoms with E-state index in [4.69, 9.17) is 11.5 Å². The highest BCUT2D eigenvalue weighted by Gasteiger charge is 2.11. The van der Waals surface area contributed by atoms with Crippen LogP contribution in [0, 0.1) is 4.91 Å². The third kappa shape index (κ3) is 1.02. The number of amides is 1. The highest BCUT2D eigenvalue weighted by Crippen LogP contribution is 2.07. The van der Waals surface area contributed by atoms with E-state index in [9.17, 15) is 9.70 Å². The Morgan fingerprint density at radius 1 is 1.73 bits per heavy atom. The lowest BCUT2D eigenvalue weighted by Crippen LogP contribution is -2.14. The van der Waals surface area contributed by atoms with Gasteiger partial charge in [-0.2, -0.15) is 4.68 Å². The van der Waals surface area contributed by atoms with Crippen molar-refractivity contribution in [2.45, 2.75) is 0 Å². The minimum Gasteiger partial charge on any atom is -0.382 e. The molecule has 0 bridgehead atoms. The number of nitrogen functional groups attached to an aromatic ring is 1. The van der Waals surface area contributed by atoms with E-state index in [-0.39, 0.29) is 11.5 Å². The molecule has 58 valence electrons. The summed E-state index contributed by atoms with van der Waals surface area (Å²) in [4.78, 5) is 23.8. The maximum Gasteiger partial charge on any atom is 0.271 e. The van der Waals surface area contributed by atoms with E-state index in [0.717, 1.165) is 11.0 Å². The van der Waals surface area contributed by atoms with Gasteiger partial charge in [-0.1, -0.05) is 0 Å². The minimum absolute atomic E-state index is 0.146. The molecule has 0 unspecified atom stereocenters. The molecule has 0 aliphatic rings. The Labute approximate surface area is 60.9 Å². The number of rotatable bonds is 2. The molecule has 0 radical (unpaired) electrons. The normalized spacial score (nSPS) is 9.45. The maximum atomic E-state index is 10.5. The average molecular weight is 155 g/mol. The molecule has 0 atom stereocenters. The summed E-state index contributed by atoms with van der Waals surface area (Å²) in [6.07, 6.45) is 1.02. The van der Waals surface area contributed by atoms with Crippen molar-refractivity contribution in [3.8, 4) is 0 Å². The lowest BCUT2D eigenvalue weighted by molar-refractivity contribution is 0.0997. The first kappa shape index (κ1) is 7.19. The summed E-state index contributed by atoms with van der Waals surface area (Å²) in [6, 6.07) is 0. The molecular formula is C4H5N5O2. The van der Waals surface area contributed by atoms with Crippen LogP contribution in [0.2, 0.25) is 0 Å². The highest BCUT2D eigenvalue weighted by molar-refractivity contribution is 5.95. The van der Waals surface area contributed by atoms with Gasteiger partial charge in [-0.3, -0.25) is 4.79 Å². The number of carbonyl (C=O) groups excluding carboxylic acids is 1. The first-order chi connectivity index (χ1) is 5.16. The number of imidazole rings is 1. The summed E-state index contributed by atoms with van der Waals surface area (Å²) >= 11 is 0. The van der Waals surface area contributed by atoms with Crippen LogP contribution in [0.1, 0.15) is 10.5 Å². The Morgan fingerprint density at radius 2 is 2.36 bits per heavy atom.